The quantitative estimate of drug-likeness (QED) is 0.326. The molecule has 0 radical (unpaired) electrons. The normalized spacial score (nSPS) is 11.5. The molecule has 0 heterocycles. The predicted octanol–water partition coefficient (Wildman–Crippen LogP) is 3.62. The van der Waals surface area contributed by atoms with Gasteiger partial charge in [0.25, 0.3) is 15.9 Å². The molecule has 0 aliphatic rings. The fourth-order valence-electron chi connectivity index (χ4n) is 2.73. The molecule has 0 atom stereocenters. The zero-order valence-corrected chi connectivity index (χ0v) is 18.1. The highest BCUT2D eigenvalue weighted by atomic mass is 32.2. The van der Waals surface area contributed by atoms with Crippen molar-refractivity contribution in [2.24, 2.45) is 0 Å². The van der Waals surface area contributed by atoms with Crippen LogP contribution in [-0.2, 0) is 25.7 Å². The molecule has 178 valence electrons. The van der Waals surface area contributed by atoms with Crippen molar-refractivity contribution in [2.75, 3.05) is 11.9 Å². The second kappa shape index (κ2) is 10.4. The summed E-state index contributed by atoms with van der Waals surface area (Å²) < 4.78 is 67.9. The summed E-state index contributed by atoms with van der Waals surface area (Å²) >= 11 is 0. The van der Waals surface area contributed by atoms with Gasteiger partial charge in [-0.1, -0.05) is 36.4 Å². The van der Waals surface area contributed by atoms with Gasteiger partial charge in [0.05, 0.1) is 21.7 Å². The highest BCUT2D eigenvalue weighted by molar-refractivity contribution is 7.89. The average Bonchev–Trinajstić information content (AvgIpc) is 2.82. The lowest BCUT2D eigenvalue weighted by Crippen LogP contribution is -2.43. The van der Waals surface area contributed by atoms with Crippen LogP contribution in [0.2, 0.25) is 0 Å². The minimum atomic E-state index is -4.54. The second-order valence-corrected chi connectivity index (χ2v) is 8.47. The molecule has 3 aromatic rings. The van der Waals surface area contributed by atoms with Gasteiger partial charge in [0.1, 0.15) is 0 Å². The zero-order chi connectivity index (χ0) is 24.8. The van der Waals surface area contributed by atoms with Crippen molar-refractivity contribution in [1.82, 2.24) is 10.3 Å². The predicted molar refractivity (Wildman–Crippen MR) is 116 cm³/mol. The molecular weight excluding hydrogens is 475 g/mol. The summed E-state index contributed by atoms with van der Waals surface area (Å²) in [5, 5.41) is 2.72. The first-order chi connectivity index (χ1) is 16.1. The van der Waals surface area contributed by atoms with E-state index in [1.54, 1.807) is 12.1 Å². The molecule has 3 rings (SSSR count). The molecule has 0 aromatic heterocycles. The first-order valence-electron chi connectivity index (χ1n) is 9.62. The van der Waals surface area contributed by atoms with Gasteiger partial charge in [-0.2, -0.15) is 13.2 Å². The molecule has 3 N–H and O–H groups in total. The van der Waals surface area contributed by atoms with Crippen LogP contribution in [0.1, 0.15) is 15.9 Å². The van der Waals surface area contributed by atoms with Gasteiger partial charge in [0, 0.05) is 5.69 Å². The molecule has 3 aromatic carbocycles. The third-order valence-electron chi connectivity index (χ3n) is 4.33. The van der Waals surface area contributed by atoms with Gasteiger partial charge >= 0.3 is 12.1 Å². The van der Waals surface area contributed by atoms with Crippen LogP contribution in [0.5, 0.6) is 0 Å². The molecule has 0 saturated carbocycles. The lowest BCUT2D eigenvalue weighted by atomic mass is 10.1. The Balaban J connectivity index is 1.61. The van der Waals surface area contributed by atoms with E-state index < -0.39 is 40.2 Å². The van der Waals surface area contributed by atoms with Crippen molar-refractivity contribution in [3.63, 3.8) is 0 Å². The Hall–Kier alpha value is -3.90. The number of carbonyl (C=O) groups is 2. The first-order valence-corrected chi connectivity index (χ1v) is 11.1. The van der Waals surface area contributed by atoms with E-state index in [1.807, 2.05) is 10.3 Å². The third-order valence-corrected chi connectivity index (χ3v) is 5.59. The average molecular weight is 493 g/mol. The number of para-hydroxylation sites is 1. The van der Waals surface area contributed by atoms with E-state index in [0.717, 1.165) is 12.1 Å². The molecule has 12 heteroatoms. The van der Waals surface area contributed by atoms with Gasteiger partial charge in [0.2, 0.25) is 0 Å². The lowest BCUT2D eigenvalue weighted by Gasteiger charge is -2.14. The van der Waals surface area contributed by atoms with Crippen LogP contribution in [0.25, 0.3) is 0 Å². The van der Waals surface area contributed by atoms with Crippen molar-refractivity contribution in [3.8, 4) is 0 Å². The number of sulfonamides is 1. The summed E-state index contributed by atoms with van der Waals surface area (Å²) in [6.07, 6.45) is -4.54. The number of hydrogen-bond donors (Lipinski definition) is 3. The first kappa shape index (κ1) is 24.7. The summed E-state index contributed by atoms with van der Waals surface area (Å²) in [5.74, 6) is -1.90. The number of hydrogen-bond acceptors (Lipinski definition) is 6. The Labute approximate surface area is 192 Å². The van der Waals surface area contributed by atoms with Crippen molar-refractivity contribution >= 4 is 33.3 Å². The van der Waals surface area contributed by atoms with Crippen molar-refractivity contribution < 1.29 is 35.9 Å². The number of hydrazine groups is 1. The fourth-order valence-corrected chi connectivity index (χ4v) is 3.61. The van der Waals surface area contributed by atoms with Crippen LogP contribution in [0.3, 0.4) is 0 Å². The van der Waals surface area contributed by atoms with E-state index in [0.29, 0.717) is 0 Å². The second-order valence-electron chi connectivity index (χ2n) is 6.79. The van der Waals surface area contributed by atoms with Crippen LogP contribution in [-0.4, -0.2) is 26.9 Å². The Kier molecular flexibility index (Phi) is 7.54. The Morgan fingerprint density at radius 1 is 0.882 bits per heavy atom. The number of benzene rings is 3. The molecule has 8 nitrogen and oxygen atoms in total. The van der Waals surface area contributed by atoms with Crippen molar-refractivity contribution in [2.45, 2.75) is 11.1 Å². The van der Waals surface area contributed by atoms with Crippen LogP contribution in [0, 0.1) is 0 Å². The Morgan fingerprint density at radius 3 is 2.26 bits per heavy atom. The number of carbonyl (C=O) groups excluding carboxylic acids is 2. The smallest absolute Gasteiger partial charge is 0.416 e. The van der Waals surface area contributed by atoms with Crippen LogP contribution < -0.4 is 15.6 Å². The summed E-state index contributed by atoms with van der Waals surface area (Å²) in [4.78, 5) is 26.2. The SMILES string of the molecule is O=C(COC(=O)c1ccccc1Nc1cccc(C(F)(F)F)c1)NNS(=O)(=O)c1ccccc1. The van der Waals surface area contributed by atoms with Gasteiger partial charge < -0.3 is 10.1 Å². The lowest BCUT2D eigenvalue weighted by molar-refractivity contribution is -0.137. The Bertz CT molecular complexity index is 1280. The molecule has 0 spiro atoms. The monoisotopic (exact) mass is 493 g/mol. The standard InChI is InChI=1S/C22H18F3N3O5S/c23-22(24,25)15-7-6-8-16(13-15)26-19-12-5-4-11-18(19)21(30)33-14-20(29)27-28-34(31,32)17-9-2-1-3-10-17/h1-13,26,28H,14H2,(H,27,29). The molecule has 34 heavy (non-hydrogen) atoms. The minimum Gasteiger partial charge on any atom is -0.452 e. The van der Waals surface area contributed by atoms with E-state index >= 15 is 0 Å². The van der Waals surface area contributed by atoms with Gasteiger partial charge in [-0.3, -0.25) is 10.2 Å². The summed E-state index contributed by atoms with van der Waals surface area (Å²) in [6, 6.07) is 17.5. The molecule has 1 amide bonds. The van der Waals surface area contributed by atoms with Crippen molar-refractivity contribution in [1.29, 1.82) is 0 Å². The van der Waals surface area contributed by atoms with Gasteiger partial charge in [-0.15, -0.1) is 4.83 Å². The molecule has 0 aliphatic heterocycles. The Morgan fingerprint density at radius 2 is 1.56 bits per heavy atom. The number of anilines is 2. The number of halogens is 3. The molecule has 0 unspecified atom stereocenters. The molecule has 0 aliphatic carbocycles. The molecule has 0 fully saturated rings. The van der Waals surface area contributed by atoms with Crippen LogP contribution >= 0.6 is 0 Å². The number of rotatable bonds is 8. The van der Waals surface area contributed by atoms with E-state index in [4.69, 9.17) is 4.74 Å². The third kappa shape index (κ3) is 6.56. The topological polar surface area (TPSA) is 114 Å². The highest BCUT2D eigenvalue weighted by Crippen LogP contribution is 2.32. The maximum absolute atomic E-state index is 12.9. The minimum absolute atomic E-state index is 0.0439. The molecule has 0 saturated heterocycles. The number of amides is 1. The van der Waals surface area contributed by atoms with Gasteiger partial charge in [-0.25, -0.2) is 13.2 Å². The summed E-state index contributed by atoms with van der Waals surface area (Å²) in [6.45, 7) is -0.811. The zero-order valence-electron chi connectivity index (χ0n) is 17.3. The van der Waals surface area contributed by atoms with Gasteiger partial charge in [-0.05, 0) is 42.5 Å². The maximum atomic E-state index is 12.9. The number of esters is 1. The highest BCUT2D eigenvalue weighted by Gasteiger charge is 2.30. The van der Waals surface area contributed by atoms with Crippen molar-refractivity contribution in [3.05, 3.63) is 90.0 Å². The summed E-state index contributed by atoms with van der Waals surface area (Å²) in [7, 11) is -4.01. The van der Waals surface area contributed by atoms with E-state index in [-0.39, 0.29) is 21.8 Å². The molecule has 0 bridgehead atoms. The number of ether oxygens (including phenoxy) is 1. The van der Waals surface area contributed by atoms with Crippen LogP contribution in [0.15, 0.2) is 83.8 Å². The van der Waals surface area contributed by atoms with Gasteiger partial charge in [0.15, 0.2) is 6.61 Å². The molecular formula is C22H18F3N3O5S. The van der Waals surface area contributed by atoms with Crippen LogP contribution in [0.4, 0.5) is 24.5 Å². The largest absolute Gasteiger partial charge is 0.452 e. The number of alkyl halides is 3. The van der Waals surface area contributed by atoms with E-state index in [2.05, 4.69) is 5.32 Å². The summed E-state index contributed by atoms with van der Waals surface area (Å²) in [5.41, 5.74) is 1.25. The van der Waals surface area contributed by atoms with E-state index in [1.165, 1.54) is 54.6 Å². The number of nitrogens with one attached hydrogen (secondary N) is 3. The fraction of sp³-hybridized carbons (Fsp3) is 0.0909. The maximum Gasteiger partial charge on any atom is 0.416 e. The van der Waals surface area contributed by atoms with E-state index in [9.17, 15) is 31.2 Å².